The van der Waals surface area contributed by atoms with Crippen molar-refractivity contribution < 1.29 is 19.6 Å². The van der Waals surface area contributed by atoms with Crippen LogP contribution < -0.4 is 15.4 Å². The molecule has 0 saturated carbocycles. The lowest BCUT2D eigenvalue weighted by molar-refractivity contribution is -0.385. The van der Waals surface area contributed by atoms with Gasteiger partial charge in [-0.05, 0) is 59.7 Å². The molecule has 1 aliphatic carbocycles. The number of anilines is 2. The molecule has 0 radical (unpaired) electrons. The van der Waals surface area contributed by atoms with Gasteiger partial charge < -0.3 is 20.5 Å². The van der Waals surface area contributed by atoms with Crippen LogP contribution in [0.5, 0.6) is 11.5 Å². The fourth-order valence-corrected chi connectivity index (χ4v) is 4.94. The predicted molar refractivity (Wildman–Crippen MR) is 142 cm³/mol. The van der Waals surface area contributed by atoms with E-state index in [-0.39, 0.29) is 11.7 Å². The van der Waals surface area contributed by atoms with Crippen LogP contribution in [0.1, 0.15) is 49.8 Å². The number of hydrogen-bond donors (Lipinski definition) is 3. The zero-order valence-electron chi connectivity index (χ0n) is 20.7. The maximum atomic E-state index is 13.7. The number of phenols is 1. The fourth-order valence-electron chi connectivity index (χ4n) is 4.94. The minimum absolute atomic E-state index is 0.0158. The second-order valence-electron chi connectivity index (χ2n) is 9.95. The molecule has 3 N–H and O–H groups in total. The SMILES string of the molecule is CC(C)COc1ccc(C2CC(=O)C3=C(C2)Nc2ccccc2NC3c2ccc(O)c([N+](=O)[O-])c2)cc1. The van der Waals surface area contributed by atoms with Gasteiger partial charge in [0.15, 0.2) is 11.5 Å². The lowest BCUT2D eigenvalue weighted by Crippen LogP contribution is -2.26. The Balaban J connectivity index is 1.51. The smallest absolute Gasteiger partial charge is 0.311 e. The number of nitro benzene ring substituents is 1. The van der Waals surface area contributed by atoms with Crippen molar-refractivity contribution in [3.8, 4) is 11.5 Å². The molecule has 3 aromatic rings. The first-order valence-corrected chi connectivity index (χ1v) is 12.4. The van der Waals surface area contributed by atoms with Crippen molar-refractivity contribution in [3.05, 3.63) is 99.2 Å². The largest absolute Gasteiger partial charge is 0.502 e. The minimum atomic E-state index is -0.621. The fraction of sp³-hybridized carbons (Fsp3) is 0.276. The highest BCUT2D eigenvalue weighted by Crippen LogP contribution is 2.45. The van der Waals surface area contributed by atoms with Gasteiger partial charge in [0.2, 0.25) is 0 Å². The van der Waals surface area contributed by atoms with E-state index in [1.54, 1.807) is 6.07 Å². The Bertz CT molecular complexity index is 1380. The molecule has 0 amide bonds. The molecule has 37 heavy (non-hydrogen) atoms. The summed E-state index contributed by atoms with van der Waals surface area (Å²) in [6, 6.07) is 19.2. The van der Waals surface area contributed by atoms with Crippen LogP contribution in [0.15, 0.2) is 78.0 Å². The molecule has 0 fully saturated rings. The molecular weight excluding hydrogens is 470 g/mol. The summed E-state index contributed by atoms with van der Waals surface area (Å²) in [6.45, 7) is 4.85. The Kier molecular flexibility index (Phi) is 6.56. The Hall–Kier alpha value is -4.33. The number of ether oxygens (including phenoxy) is 1. The molecule has 8 heteroatoms. The first-order chi connectivity index (χ1) is 17.8. The standard InChI is InChI=1S/C29H29N3O5/c1-17(2)16-37-21-10-7-18(8-11-21)20-13-24-28(27(34)15-20)29(31-23-6-4-3-5-22(23)30-24)19-9-12-26(33)25(14-19)32(35)36/h3-12,14,17,20,29-31,33H,13,15-16H2,1-2H3. The number of aromatic hydroxyl groups is 1. The maximum Gasteiger partial charge on any atom is 0.311 e. The predicted octanol–water partition coefficient (Wildman–Crippen LogP) is 6.31. The quantitative estimate of drug-likeness (QED) is 0.269. The molecule has 190 valence electrons. The van der Waals surface area contributed by atoms with Crippen molar-refractivity contribution >= 4 is 22.8 Å². The van der Waals surface area contributed by atoms with E-state index < -0.39 is 22.4 Å². The van der Waals surface area contributed by atoms with Crippen LogP contribution in [-0.2, 0) is 4.79 Å². The number of carbonyl (C=O) groups is 1. The Morgan fingerprint density at radius 2 is 1.73 bits per heavy atom. The number of allylic oxidation sites excluding steroid dienone is 1. The molecule has 8 nitrogen and oxygen atoms in total. The van der Waals surface area contributed by atoms with E-state index in [9.17, 15) is 20.0 Å². The summed E-state index contributed by atoms with van der Waals surface area (Å²) in [5, 5.41) is 28.4. The number of nitrogens with one attached hydrogen (secondary N) is 2. The number of fused-ring (bicyclic) bond motifs is 1. The Morgan fingerprint density at radius 3 is 2.43 bits per heavy atom. The van der Waals surface area contributed by atoms with Gasteiger partial charge in [-0.1, -0.05) is 44.2 Å². The molecule has 0 spiro atoms. The molecule has 3 aromatic carbocycles. The normalized spacial score (nSPS) is 18.8. The lowest BCUT2D eigenvalue weighted by atomic mass is 9.78. The third-order valence-electron chi connectivity index (χ3n) is 6.77. The number of carbonyl (C=O) groups excluding carboxylic acids is 1. The number of benzene rings is 3. The van der Waals surface area contributed by atoms with E-state index in [4.69, 9.17) is 4.74 Å². The van der Waals surface area contributed by atoms with Gasteiger partial charge in [0.05, 0.1) is 28.9 Å². The summed E-state index contributed by atoms with van der Waals surface area (Å²) < 4.78 is 5.81. The molecule has 2 atom stereocenters. The number of phenolic OH excluding ortho intramolecular Hbond substituents is 1. The van der Waals surface area contributed by atoms with E-state index in [0.717, 1.165) is 28.4 Å². The molecule has 0 aromatic heterocycles. The summed E-state index contributed by atoms with van der Waals surface area (Å²) in [6.07, 6.45) is 0.932. The molecule has 1 aliphatic heterocycles. The summed E-state index contributed by atoms with van der Waals surface area (Å²) >= 11 is 0. The van der Waals surface area contributed by atoms with E-state index >= 15 is 0 Å². The number of Topliss-reactive ketones (excluding diaryl/α,β-unsaturated/α-hetero) is 1. The van der Waals surface area contributed by atoms with Crippen molar-refractivity contribution in [2.45, 2.75) is 38.6 Å². The zero-order chi connectivity index (χ0) is 26.1. The van der Waals surface area contributed by atoms with E-state index in [0.29, 0.717) is 36.5 Å². The van der Waals surface area contributed by atoms with Gasteiger partial charge in [-0.25, -0.2) is 0 Å². The third-order valence-corrected chi connectivity index (χ3v) is 6.77. The van der Waals surface area contributed by atoms with Gasteiger partial charge in [0.25, 0.3) is 0 Å². The monoisotopic (exact) mass is 499 g/mol. The van der Waals surface area contributed by atoms with Gasteiger partial charge in [-0.2, -0.15) is 0 Å². The van der Waals surface area contributed by atoms with Crippen molar-refractivity contribution in [1.29, 1.82) is 0 Å². The number of ketones is 1. The topological polar surface area (TPSA) is 114 Å². The molecule has 2 unspecified atom stereocenters. The highest BCUT2D eigenvalue weighted by molar-refractivity contribution is 6.01. The van der Waals surface area contributed by atoms with Gasteiger partial charge in [0, 0.05) is 23.8 Å². The maximum absolute atomic E-state index is 13.7. The average Bonchev–Trinajstić information content (AvgIpc) is 3.05. The van der Waals surface area contributed by atoms with Gasteiger partial charge >= 0.3 is 5.69 Å². The second kappa shape index (κ2) is 9.97. The average molecular weight is 500 g/mol. The molecule has 1 heterocycles. The highest BCUT2D eigenvalue weighted by atomic mass is 16.6. The molecular formula is C29H29N3O5. The first kappa shape index (κ1) is 24.4. The lowest BCUT2D eigenvalue weighted by Gasteiger charge is -2.30. The van der Waals surface area contributed by atoms with Crippen LogP contribution >= 0.6 is 0 Å². The van der Waals surface area contributed by atoms with Gasteiger partial charge in [0.1, 0.15) is 5.75 Å². The van der Waals surface area contributed by atoms with E-state index in [2.05, 4.69) is 24.5 Å². The van der Waals surface area contributed by atoms with Crippen LogP contribution in [0.3, 0.4) is 0 Å². The minimum Gasteiger partial charge on any atom is -0.502 e. The van der Waals surface area contributed by atoms with Crippen LogP contribution in [0.4, 0.5) is 17.1 Å². The first-order valence-electron chi connectivity index (χ1n) is 12.4. The van der Waals surface area contributed by atoms with Crippen LogP contribution in [0, 0.1) is 16.0 Å². The third kappa shape index (κ3) is 5.00. The number of nitro groups is 1. The number of hydrogen-bond acceptors (Lipinski definition) is 7. The molecule has 2 aliphatic rings. The van der Waals surface area contributed by atoms with Crippen molar-refractivity contribution in [1.82, 2.24) is 0 Å². The van der Waals surface area contributed by atoms with E-state index in [1.807, 2.05) is 48.5 Å². The second-order valence-corrected chi connectivity index (χ2v) is 9.95. The van der Waals surface area contributed by atoms with Crippen LogP contribution in [-0.4, -0.2) is 22.4 Å². The van der Waals surface area contributed by atoms with Gasteiger partial charge in [-0.3, -0.25) is 14.9 Å². The zero-order valence-corrected chi connectivity index (χ0v) is 20.7. The van der Waals surface area contributed by atoms with Crippen molar-refractivity contribution in [3.63, 3.8) is 0 Å². The van der Waals surface area contributed by atoms with Crippen molar-refractivity contribution in [2.24, 2.45) is 5.92 Å². The van der Waals surface area contributed by atoms with Gasteiger partial charge in [-0.15, -0.1) is 0 Å². The molecule has 5 rings (SSSR count). The summed E-state index contributed by atoms with van der Waals surface area (Å²) in [7, 11) is 0. The number of para-hydroxylation sites is 2. The molecule has 0 bridgehead atoms. The molecule has 0 saturated heterocycles. The Labute approximate surface area is 215 Å². The number of nitrogens with zero attached hydrogens (tertiary/aromatic N) is 1. The number of rotatable bonds is 6. The Morgan fingerprint density at radius 1 is 1.03 bits per heavy atom. The van der Waals surface area contributed by atoms with Crippen LogP contribution in [0.2, 0.25) is 0 Å². The summed E-state index contributed by atoms with van der Waals surface area (Å²) in [5.74, 6) is 0.782. The van der Waals surface area contributed by atoms with Crippen molar-refractivity contribution in [2.75, 3.05) is 17.2 Å². The summed E-state index contributed by atoms with van der Waals surface area (Å²) in [5.41, 5.74) is 4.16. The summed E-state index contributed by atoms with van der Waals surface area (Å²) in [4.78, 5) is 24.6. The highest BCUT2D eigenvalue weighted by Gasteiger charge is 2.36. The van der Waals surface area contributed by atoms with E-state index in [1.165, 1.54) is 12.1 Å². The van der Waals surface area contributed by atoms with Crippen LogP contribution in [0.25, 0.3) is 0 Å².